The van der Waals surface area contributed by atoms with E-state index in [0.717, 1.165) is 5.82 Å². The van der Waals surface area contributed by atoms with Crippen molar-refractivity contribution in [1.29, 1.82) is 0 Å². The maximum absolute atomic E-state index is 10.9. The van der Waals surface area contributed by atoms with Gasteiger partial charge < -0.3 is 19.3 Å². The lowest BCUT2D eigenvalue weighted by molar-refractivity contribution is -0.141. The SMILES string of the molecule is [B]C1O[C@](C)(/C=C/P(=O)(O)O)[C@@H](C=C)C[C@H]1OC. The van der Waals surface area contributed by atoms with Gasteiger partial charge in [-0.25, -0.2) is 0 Å². The predicted molar refractivity (Wildman–Crippen MR) is 69.3 cm³/mol. The first-order chi connectivity index (χ1) is 8.22. The van der Waals surface area contributed by atoms with Crippen LogP contribution in [-0.4, -0.2) is 42.5 Å². The summed E-state index contributed by atoms with van der Waals surface area (Å²) in [4.78, 5) is 17.7. The highest BCUT2D eigenvalue weighted by Crippen LogP contribution is 2.41. The van der Waals surface area contributed by atoms with Gasteiger partial charge in [-0.1, -0.05) is 6.08 Å². The molecular weight excluding hydrogens is 254 g/mol. The molecule has 1 saturated heterocycles. The highest BCUT2D eigenvalue weighted by atomic mass is 31.2. The summed E-state index contributed by atoms with van der Waals surface area (Å²) in [5.41, 5.74) is -0.892. The molecule has 2 N–H and O–H groups in total. The van der Waals surface area contributed by atoms with Crippen LogP contribution in [0.3, 0.4) is 0 Å². The minimum Gasteiger partial charge on any atom is -0.380 e. The fourth-order valence-corrected chi connectivity index (χ4v) is 2.53. The largest absolute Gasteiger partial charge is 0.380 e. The minimum absolute atomic E-state index is 0.134. The lowest BCUT2D eigenvalue weighted by Gasteiger charge is -2.45. The molecule has 1 aliphatic heterocycles. The van der Waals surface area contributed by atoms with E-state index in [1.807, 2.05) is 0 Å². The molecule has 1 unspecified atom stereocenters. The molecule has 1 aliphatic rings. The summed E-state index contributed by atoms with van der Waals surface area (Å²) in [7, 11) is 3.13. The molecule has 1 fully saturated rings. The first kappa shape index (κ1) is 15.7. The van der Waals surface area contributed by atoms with Gasteiger partial charge in [-0.2, -0.15) is 0 Å². The van der Waals surface area contributed by atoms with E-state index in [4.69, 9.17) is 27.1 Å². The second-order valence-electron chi connectivity index (χ2n) is 4.52. The van der Waals surface area contributed by atoms with Gasteiger partial charge in [-0.05, 0) is 19.4 Å². The van der Waals surface area contributed by atoms with Gasteiger partial charge in [-0.15, -0.1) is 6.58 Å². The monoisotopic (exact) mass is 272 g/mol. The van der Waals surface area contributed by atoms with E-state index in [0.29, 0.717) is 6.42 Å². The molecule has 18 heavy (non-hydrogen) atoms. The third-order valence-corrected chi connectivity index (χ3v) is 3.70. The van der Waals surface area contributed by atoms with Gasteiger partial charge in [0.2, 0.25) is 0 Å². The number of methoxy groups -OCH3 is 1. The summed E-state index contributed by atoms with van der Waals surface area (Å²) in [6.45, 7) is 5.43. The van der Waals surface area contributed by atoms with E-state index < -0.39 is 19.2 Å². The molecule has 0 aromatic carbocycles. The van der Waals surface area contributed by atoms with E-state index >= 15 is 0 Å². The lowest BCUT2D eigenvalue weighted by atomic mass is 9.76. The number of ether oxygens (including phenoxy) is 2. The summed E-state index contributed by atoms with van der Waals surface area (Å²) in [5.74, 6) is 0.702. The fraction of sp³-hybridized carbons (Fsp3) is 0.636. The number of hydrogen-bond acceptors (Lipinski definition) is 3. The van der Waals surface area contributed by atoms with Crippen LogP contribution >= 0.6 is 7.60 Å². The lowest BCUT2D eigenvalue weighted by Crippen LogP contribution is -2.50. The van der Waals surface area contributed by atoms with Crippen molar-refractivity contribution in [3.63, 3.8) is 0 Å². The van der Waals surface area contributed by atoms with Crippen LogP contribution in [0.2, 0.25) is 0 Å². The van der Waals surface area contributed by atoms with E-state index in [9.17, 15) is 4.57 Å². The molecule has 0 aromatic heterocycles. The van der Waals surface area contributed by atoms with Crippen LogP contribution in [0.4, 0.5) is 0 Å². The molecular formula is C11H18BO5P. The van der Waals surface area contributed by atoms with Crippen LogP contribution in [0.5, 0.6) is 0 Å². The molecule has 1 heterocycles. The second-order valence-corrected chi connectivity index (χ2v) is 6.00. The zero-order valence-electron chi connectivity index (χ0n) is 10.5. The average molecular weight is 272 g/mol. The Morgan fingerprint density at radius 2 is 2.22 bits per heavy atom. The van der Waals surface area contributed by atoms with Crippen LogP contribution in [0.25, 0.3) is 0 Å². The normalized spacial score (nSPS) is 37.9. The smallest absolute Gasteiger partial charge is 0.348 e. The third-order valence-electron chi connectivity index (χ3n) is 3.17. The van der Waals surface area contributed by atoms with Crippen molar-refractivity contribution in [3.05, 3.63) is 24.5 Å². The first-order valence-electron chi connectivity index (χ1n) is 5.56. The Balaban J connectivity index is 2.95. The molecule has 1 rings (SSSR count). The van der Waals surface area contributed by atoms with Crippen LogP contribution in [-0.2, 0) is 14.0 Å². The van der Waals surface area contributed by atoms with Gasteiger partial charge in [0, 0.05) is 24.8 Å². The van der Waals surface area contributed by atoms with Gasteiger partial charge in [0.25, 0.3) is 0 Å². The Morgan fingerprint density at radius 3 is 2.67 bits per heavy atom. The fourth-order valence-electron chi connectivity index (χ4n) is 2.04. The van der Waals surface area contributed by atoms with Crippen LogP contribution in [0.1, 0.15) is 13.3 Å². The van der Waals surface area contributed by atoms with Crippen molar-refractivity contribution in [3.8, 4) is 0 Å². The molecule has 2 radical (unpaired) electrons. The van der Waals surface area contributed by atoms with Gasteiger partial charge in [0.05, 0.1) is 11.7 Å². The highest BCUT2D eigenvalue weighted by molar-refractivity contribution is 7.55. The molecule has 5 nitrogen and oxygen atoms in total. The van der Waals surface area contributed by atoms with Crippen LogP contribution < -0.4 is 0 Å². The van der Waals surface area contributed by atoms with Gasteiger partial charge >= 0.3 is 7.60 Å². The van der Waals surface area contributed by atoms with E-state index in [-0.39, 0.29) is 12.0 Å². The second kappa shape index (κ2) is 5.72. The molecule has 0 spiro atoms. The van der Waals surface area contributed by atoms with E-state index in [2.05, 4.69) is 6.58 Å². The molecule has 7 heteroatoms. The predicted octanol–water partition coefficient (Wildman–Crippen LogP) is 1.17. The van der Waals surface area contributed by atoms with E-state index in [1.165, 1.54) is 6.08 Å². The van der Waals surface area contributed by atoms with Crippen molar-refractivity contribution >= 4 is 15.4 Å². The number of rotatable bonds is 4. The maximum atomic E-state index is 10.9. The topological polar surface area (TPSA) is 76.0 Å². The Morgan fingerprint density at radius 1 is 1.61 bits per heavy atom. The Kier molecular flexibility index (Phi) is 4.98. The van der Waals surface area contributed by atoms with Crippen molar-refractivity contribution in [2.75, 3.05) is 7.11 Å². The Labute approximate surface area is 108 Å². The van der Waals surface area contributed by atoms with Crippen molar-refractivity contribution in [1.82, 2.24) is 0 Å². The Bertz CT molecular complexity index is 380. The summed E-state index contributed by atoms with van der Waals surface area (Å²) in [6, 6.07) is -0.641. The summed E-state index contributed by atoms with van der Waals surface area (Å²) >= 11 is 0. The summed E-state index contributed by atoms with van der Waals surface area (Å²) in [5, 5.41) is 0. The van der Waals surface area contributed by atoms with Crippen molar-refractivity contribution in [2.24, 2.45) is 5.92 Å². The zero-order chi connectivity index (χ0) is 14.0. The third kappa shape index (κ3) is 3.80. The summed E-state index contributed by atoms with van der Waals surface area (Å²) < 4.78 is 21.7. The number of hydrogen-bond donors (Lipinski definition) is 2. The molecule has 0 aliphatic carbocycles. The van der Waals surface area contributed by atoms with Crippen LogP contribution in [0, 0.1) is 5.92 Å². The quantitative estimate of drug-likeness (QED) is 0.456. The van der Waals surface area contributed by atoms with E-state index in [1.54, 1.807) is 20.1 Å². The zero-order valence-corrected chi connectivity index (χ0v) is 11.4. The Hall–Kier alpha value is -0.385. The standard InChI is InChI=1S/C11H18BO5P/c1-4-8-7-9(16-3)10(12)17-11(8,2)5-6-18(13,14)15/h4-6,8-10H,1,7H2,2-3H3,(H2,13,14,15)/b6-5+/t8-,9+,10?,11+/m0/s1. The molecule has 0 saturated carbocycles. The molecule has 0 bridgehead atoms. The van der Waals surface area contributed by atoms with Gasteiger partial charge in [-0.3, -0.25) is 4.57 Å². The maximum Gasteiger partial charge on any atom is 0.348 e. The summed E-state index contributed by atoms with van der Waals surface area (Å²) in [6.07, 6.45) is 3.36. The van der Waals surface area contributed by atoms with Crippen LogP contribution in [0.15, 0.2) is 24.5 Å². The van der Waals surface area contributed by atoms with Gasteiger partial charge in [0.15, 0.2) is 0 Å². The van der Waals surface area contributed by atoms with Crippen molar-refractivity contribution in [2.45, 2.75) is 31.1 Å². The van der Waals surface area contributed by atoms with Gasteiger partial charge in [0.1, 0.15) is 7.85 Å². The molecule has 100 valence electrons. The average Bonchev–Trinajstić information content (AvgIpc) is 2.26. The van der Waals surface area contributed by atoms with Crippen molar-refractivity contribution < 1.29 is 23.8 Å². The highest BCUT2D eigenvalue weighted by Gasteiger charge is 2.41. The molecule has 0 aromatic rings. The first-order valence-corrected chi connectivity index (χ1v) is 7.24. The molecule has 0 amide bonds. The minimum atomic E-state index is -4.22. The molecule has 4 atom stereocenters.